The zero-order valence-electron chi connectivity index (χ0n) is 16.6. The number of esters is 1. The van der Waals surface area contributed by atoms with E-state index in [1.54, 1.807) is 7.11 Å². The number of ether oxygens (including phenoxy) is 5. The average molecular weight is 429 g/mol. The molecule has 0 bridgehead atoms. The van der Waals surface area contributed by atoms with Gasteiger partial charge in [0.05, 0.1) is 36.0 Å². The number of fused-ring (bicyclic) bond motifs is 1. The first-order valence-electron chi connectivity index (χ1n) is 9.67. The lowest BCUT2D eigenvalue weighted by atomic mass is 10.0. The van der Waals surface area contributed by atoms with Crippen LogP contribution in [0.15, 0.2) is 41.9 Å². The summed E-state index contributed by atoms with van der Waals surface area (Å²) in [5.41, 5.74) is 2.83. The molecule has 1 aliphatic heterocycles. The van der Waals surface area contributed by atoms with Crippen LogP contribution in [-0.2, 0) is 14.2 Å². The van der Waals surface area contributed by atoms with E-state index in [0.717, 1.165) is 16.0 Å². The summed E-state index contributed by atoms with van der Waals surface area (Å²) >= 11 is 1.47. The minimum absolute atomic E-state index is 0.156. The Morgan fingerprint density at radius 3 is 2.73 bits per heavy atom. The van der Waals surface area contributed by atoms with Crippen LogP contribution in [0.3, 0.4) is 0 Å². The quantitative estimate of drug-likeness (QED) is 0.409. The summed E-state index contributed by atoms with van der Waals surface area (Å²) in [5, 5.41) is 1.89. The number of aromatic amines is 1. The highest BCUT2D eigenvalue weighted by atomic mass is 32.1. The lowest BCUT2D eigenvalue weighted by Crippen LogP contribution is -2.15. The summed E-state index contributed by atoms with van der Waals surface area (Å²) in [4.78, 5) is 17.1. The summed E-state index contributed by atoms with van der Waals surface area (Å²) in [5.74, 6) is 0.937. The van der Waals surface area contributed by atoms with Gasteiger partial charge in [-0.25, -0.2) is 4.79 Å². The van der Waals surface area contributed by atoms with Gasteiger partial charge in [0.25, 0.3) is 0 Å². The average Bonchev–Trinajstić information content (AvgIpc) is 3.41. The molecule has 0 spiro atoms. The van der Waals surface area contributed by atoms with Crippen LogP contribution in [0.5, 0.6) is 11.5 Å². The van der Waals surface area contributed by atoms with Gasteiger partial charge in [-0.3, -0.25) is 0 Å². The van der Waals surface area contributed by atoms with Crippen LogP contribution in [0, 0.1) is 0 Å². The lowest BCUT2D eigenvalue weighted by Gasteiger charge is -2.16. The summed E-state index contributed by atoms with van der Waals surface area (Å²) in [6.45, 7) is 2.41. The molecule has 3 aromatic rings. The smallest absolute Gasteiger partial charge is 0.341 e. The number of hydrogen-bond acceptors (Lipinski definition) is 7. The fraction of sp³-hybridized carbons (Fsp3) is 0.318. The van der Waals surface area contributed by atoms with E-state index < -0.39 is 5.97 Å². The molecule has 0 saturated heterocycles. The Bertz CT molecular complexity index is 981. The molecule has 0 amide bonds. The predicted molar refractivity (Wildman–Crippen MR) is 114 cm³/mol. The molecule has 0 saturated carbocycles. The minimum Gasteiger partial charge on any atom is -0.485 e. The Morgan fingerprint density at radius 1 is 1.10 bits per heavy atom. The van der Waals surface area contributed by atoms with Crippen molar-refractivity contribution < 1.29 is 28.5 Å². The van der Waals surface area contributed by atoms with E-state index in [1.807, 2.05) is 41.9 Å². The van der Waals surface area contributed by atoms with Crippen molar-refractivity contribution in [2.75, 3.05) is 46.8 Å². The van der Waals surface area contributed by atoms with E-state index in [4.69, 9.17) is 23.7 Å². The highest BCUT2D eigenvalue weighted by molar-refractivity contribution is 7.14. The number of carbonyl (C=O) groups excluding carboxylic acids is 1. The Morgan fingerprint density at radius 2 is 1.90 bits per heavy atom. The molecular weight excluding hydrogens is 406 g/mol. The maximum Gasteiger partial charge on any atom is 0.341 e. The number of hydrogen-bond donors (Lipinski definition) is 1. The predicted octanol–water partition coefficient (Wildman–Crippen LogP) is 4.00. The number of H-pyrrole nitrogens is 1. The molecule has 0 atom stereocenters. The van der Waals surface area contributed by atoms with Crippen molar-refractivity contribution in [3.63, 3.8) is 0 Å². The third-order valence-electron chi connectivity index (χ3n) is 4.59. The van der Waals surface area contributed by atoms with Crippen LogP contribution in [0.1, 0.15) is 10.4 Å². The monoisotopic (exact) mass is 429 g/mol. The molecule has 0 unspecified atom stereocenters. The summed E-state index contributed by atoms with van der Waals surface area (Å²) in [6.07, 6.45) is 1.83. The Labute approximate surface area is 178 Å². The molecule has 0 aliphatic carbocycles. The molecule has 1 N–H and O–H groups in total. The van der Waals surface area contributed by atoms with Crippen molar-refractivity contribution in [2.45, 2.75) is 0 Å². The second-order valence-corrected chi connectivity index (χ2v) is 7.39. The Balaban J connectivity index is 1.62. The molecule has 158 valence electrons. The van der Waals surface area contributed by atoms with Gasteiger partial charge >= 0.3 is 5.97 Å². The van der Waals surface area contributed by atoms with Crippen molar-refractivity contribution >= 4 is 17.3 Å². The first-order chi connectivity index (χ1) is 14.8. The topological polar surface area (TPSA) is 79.0 Å². The molecular formula is C22H23NO6S. The number of benzene rings is 1. The summed E-state index contributed by atoms with van der Waals surface area (Å²) in [6, 6.07) is 9.73. The molecule has 0 fully saturated rings. The van der Waals surface area contributed by atoms with Crippen LogP contribution in [-0.4, -0.2) is 57.7 Å². The third-order valence-corrected chi connectivity index (χ3v) is 5.55. The molecule has 3 heterocycles. The highest BCUT2D eigenvalue weighted by Crippen LogP contribution is 2.47. The van der Waals surface area contributed by atoms with E-state index in [0.29, 0.717) is 55.8 Å². The first-order valence-corrected chi connectivity index (χ1v) is 10.6. The maximum atomic E-state index is 13.1. The maximum absolute atomic E-state index is 13.1. The fourth-order valence-corrected chi connectivity index (χ4v) is 4.15. The Hall–Kier alpha value is -2.81. The van der Waals surface area contributed by atoms with Gasteiger partial charge in [-0.05, 0) is 5.56 Å². The molecule has 2 aromatic heterocycles. The SMILES string of the molecule is COCCOCCOC(=O)c1c(-c2ccccc2)c[nH]c1-c1scc2c1OCCO2. The van der Waals surface area contributed by atoms with Crippen LogP contribution in [0.4, 0.5) is 0 Å². The number of rotatable bonds is 9. The molecule has 7 nitrogen and oxygen atoms in total. The standard InChI is InChI=1S/C22H23NO6S/c1-25-7-8-26-9-10-29-22(24)18-16(15-5-3-2-4-6-15)13-23-19(18)21-20-17(14-30-21)27-11-12-28-20/h2-6,13-14,23H,7-12H2,1H3. The van der Waals surface area contributed by atoms with Crippen LogP contribution in [0.2, 0.25) is 0 Å². The fourth-order valence-electron chi connectivity index (χ4n) is 3.21. The van der Waals surface area contributed by atoms with Crippen molar-refractivity contribution in [1.82, 2.24) is 4.98 Å². The van der Waals surface area contributed by atoms with Gasteiger partial charge in [0, 0.05) is 24.3 Å². The van der Waals surface area contributed by atoms with Crippen LogP contribution < -0.4 is 9.47 Å². The van der Waals surface area contributed by atoms with Crippen molar-refractivity contribution in [3.8, 4) is 33.2 Å². The molecule has 4 rings (SSSR count). The van der Waals surface area contributed by atoms with Crippen molar-refractivity contribution in [2.24, 2.45) is 0 Å². The molecule has 0 radical (unpaired) electrons. The largest absolute Gasteiger partial charge is 0.485 e. The highest BCUT2D eigenvalue weighted by Gasteiger charge is 2.28. The third kappa shape index (κ3) is 4.35. The Kier molecular flexibility index (Phi) is 6.68. The number of thiophene rings is 1. The van der Waals surface area contributed by atoms with E-state index in [2.05, 4.69) is 4.98 Å². The number of aromatic nitrogens is 1. The van der Waals surface area contributed by atoms with E-state index in [1.165, 1.54) is 11.3 Å². The molecule has 30 heavy (non-hydrogen) atoms. The van der Waals surface area contributed by atoms with Gasteiger partial charge in [0.1, 0.15) is 19.8 Å². The second kappa shape index (κ2) is 9.80. The van der Waals surface area contributed by atoms with Crippen molar-refractivity contribution in [3.05, 3.63) is 47.5 Å². The van der Waals surface area contributed by atoms with Crippen molar-refractivity contribution in [1.29, 1.82) is 0 Å². The molecule has 1 aromatic carbocycles. The first kappa shape index (κ1) is 20.5. The second-order valence-electron chi connectivity index (χ2n) is 6.51. The van der Waals surface area contributed by atoms with E-state index in [-0.39, 0.29) is 6.61 Å². The van der Waals surface area contributed by atoms with Gasteiger partial charge in [-0.2, -0.15) is 0 Å². The number of methoxy groups -OCH3 is 1. The number of carbonyl (C=O) groups is 1. The molecule has 1 aliphatic rings. The van der Waals surface area contributed by atoms with E-state index in [9.17, 15) is 4.79 Å². The summed E-state index contributed by atoms with van der Waals surface area (Å²) in [7, 11) is 1.61. The minimum atomic E-state index is -0.417. The number of nitrogens with one attached hydrogen (secondary N) is 1. The van der Waals surface area contributed by atoms with Gasteiger partial charge < -0.3 is 28.7 Å². The zero-order valence-corrected chi connectivity index (χ0v) is 17.5. The lowest BCUT2D eigenvalue weighted by molar-refractivity contribution is 0.0215. The molecule has 8 heteroatoms. The summed E-state index contributed by atoms with van der Waals surface area (Å²) < 4.78 is 27.3. The van der Waals surface area contributed by atoms with E-state index >= 15 is 0 Å². The van der Waals surface area contributed by atoms with Crippen LogP contribution >= 0.6 is 11.3 Å². The van der Waals surface area contributed by atoms with Crippen LogP contribution in [0.25, 0.3) is 21.7 Å². The van der Waals surface area contributed by atoms with Gasteiger partial charge in [0.15, 0.2) is 11.5 Å². The van der Waals surface area contributed by atoms with Gasteiger partial charge in [-0.1, -0.05) is 30.3 Å². The normalized spacial score (nSPS) is 12.7. The van der Waals surface area contributed by atoms with Gasteiger partial charge in [0.2, 0.25) is 0 Å². The zero-order chi connectivity index (χ0) is 20.8. The van der Waals surface area contributed by atoms with Gasteiger partial charge in [-0.15, -0.1) is 11.3 Å².